The Labute approximate surface area is 167 Å². The van der Waals surface area contributed by atoms with Gasteiger partial charge in [-0.2, -0.15) is 10.4 Å². The summed E-state index contributed by atoms with van der Waals surface area (Å²) in [5, 5.41) is 22.1. The molecule has 3 N–H and O–H groups in total. The quantitative estimate of drug-likeness (QED) is 0.701. The molecule has 7 nitrogen and oxygen atoms in total. The highest BCUT2D eigenvalue weighted by atomic mass is 35.5. The molecule has 0 aliphatic carbocycles. The number of allylic oxidation sites excluding steroid dienone is 1. The van der Waals surface area contributed by atoms with Crippen LogP contribution < -0.4 is 10.5 Å². The standard InChI is InChI=1S/C20H19ClN6O/c1-3-7-14-17-16(13(10-22)19(23)28-20(17)25-24-14)15-11(2)26-27(18(15)21)12-8-5-4-6-9-12/h4-6,8-9,16H,3,7,23H2,1-2H3,(H,24,25)/t16-/m0/s1. The Bertz CT molecular complexity index is 1110. The average molecular weight is 395 g/mol. The Morgan fingerprint density at radius 3 is 2.75 bits per heavy atom. The van der Waals surface area contributed by atoms with Crippen LogP contribution in [0, 0.1) is 18.3 Å². The molecule has 1 atom stereocenters. The first-order valence-corrected chi connectivity index (χ1v) is 9.39. The summed E-state index contributed by atoms with van der Waals surface area (Å²) < 4.78 is 7.28. The van der Waals surface area contributed by atoms with E-state index in [4.69, 9.17) is 22.1 Å². The number of aromatic amines is 1. The molecular weight excluding hydrogens is 376 g/mol. The number of nitrogens with one attached hydrogen (secondary N) is 1. The molecule has 1 aliphatic rings. The van der Waals surface area contributed by atoms with Crippen LogP contribution in [0.25, 0.3) is 5.69 Å². The SMILES string of the molecule is CCCc1[nH]nc2c1[C@H](c1c(C)nn(-c3ccccc3)c1Cl)C(C#N)=C(N)O2. The molecule has 3 aromatic rings. The number of para-hydroxylation sites is 1. The molecule has 0 fully saturated rings. The number of fused-ring (bicyclic) bond motifs is 1. The van der Waals surface area contributed by atoms with Gasteiger partial charge in [0, 0.05) is 11.3 Å². The molecule has 8 heteroatoms. The van der Waals surface area contributed by atoms with Crippen molar-refractivity contribution in [2.24, 2.45) is 5.73 Å². The Hall–Kier alpha value is -3.24. The van der Waals surface area contributed by atoms with Gasteiger partial charge in [-0.1, -0.05) is 43.1 Å². The first-order chi connectivity index (χ1) is 13.6. The number of nitrogens with two attached hydrogens (primary N) is 1. The van der Waals surface area contributed by atoms with Crippen molar-refractivity contribution in [2.75, 3.05) is 0 Å². The molecule has 0 amide bonds. The molecule has 0 saturated heterocycles. The van der Waals surface area contributed by atoms with E-state index in [9.17, 15) is 5.26 Å². The lowest BCUT2D eigenvalue weighted by Gasteiger charge is -2.24. The summed E-state index contributed by atoms with van der Waals surface area (Å²) in [4.78, 5) is 0. The topological polar surface area (TPSA) is 106 Å². The molecule has 0 radical (unpaired) electrons. The summed E-state index contributed by atoms with van der Waals surface area (Å²) in [7, 11) is 0. The second kappa shape index (κ2) is 7.06. The second-order valence-corrected chi connectivity index (χ2v) is 6.99. The molecule has 3 heterocycles. The zero-order chi connectivity index (χ0) is 19.8. The maximum Gasteiger partial charge on any atom is 0.244 e. The van der Waals surface area contributed by atoms with Crippen molar-refractivity contribution >= 4 is 11.6 Å². The number of hydrogen-bond acceptors (Lipinski definition) is 5. The zero-order valence-corrected chi connectivity index (χ0v) is 16.3. The molecule has 0 saturated carbocycles. The van der Waals surface area contributed by atoms with Gasteiger partial charge >= 0.3 is 0 Å². The van der Waals surface area contributed by atoms with Gasteiger partial charge in [-0.3, -0.25) is 5.10 Å². The van der Waals surface area contributed by atoms with E-state index in [1.165, 1.54) is 0 Å². The van der Waals surface area contributed by atoms with E-state index >= 15 is 0 Å². The minimum atomic E-state index is -0.487. The second-order valence-electron chi connectivity index (χ2n) is 6.63. The van der Waals surface area contributed by atoms with Crippen LogP contribution in [-0.4, -0.2) is 20.0 Å². The minimum Gasteiger partial charge on any atom is -0.420 e. The molecule has 1 aromatic carbocycles. The van der Waals surface area contributed by atoms with E-state index in [2.05, 4.69) is 28.3 Å². The van der Waals surface area contributed by atoms with Crippen molar-refractivity contribution in [1.82, 2.24) is 20.0 Å². The lowest BCUT2D eigenvalue weighted by molar-refractivity contribution is 0.378. The van der Waals surface area contributed by atoms with Gasteiger partial charge in [0.05, 0.1) is 22.9 Å². The largest absolute Gasteiger partial charge is 0.420 e. The third-order valence-corrected chi connectivity index (χ3v) is 5.22. The number of rotatable bonds is 4. The highest BCUT2D eigenvalue weighted by Crippen LogP contribution is 2.46. The van der Waals surface area contributed by atoms with E-state index in [1.807, 2.05) is 37.3 Å². The van der Waals surface area contributed by atoms with E-state index in [-0.39, 0.29) is 5.88 Å². The Morgan fingerprint density at radius 2 is 2.07 bits per heavy atom. The number of nitriles is 1. The first kappa shape index (κ1) is 18.1. The summed E-state index contributed by atoms with van der Waals surface area (Å²) in [5.74, 6) is -0.0654. The van der Waals surface area contributed by atoms with Gasteiger partial charge in [0.2, 0.25) is 11.8 Å². The molecule has 2 aromatic heterocycles. The number of aryl methyl sites for hydroxylation is 2. The lowest BCUT2D eigenvalue weighted by Crippen LogP contribution is -2.21. The number of hydrogen-bond donors (Lipinski definition) is 2. The molecule has 0 spiro atoms. The fourth-order valence-electron chi connectivity index (χ4n) is 3.62. The van der Waals surface area contributed by atoms with Gasteiger partial charge in [-0.15, -0.1) is 5.10 Å². The molecule has 0 bridgehead atoms. The molecule has 1 aliphatic heterocycles. The normalized spacial score (nSPS) is 15.9. The monoisotopic (exact) mass is 394 g/mol. The van der Waals surface area contributed by atoms with Crippen molar-refractivity contribution in [3.05, 3.63) is 69.5 Å². The predicted molar refractivity (Wildman–Crippen MR) is 105 cm³/mol. The number of H-pyrrole nitrogens is 1. The molecular formula is C20H19ClN6O. The van der Waals surface area contributed by atoms with E-state index in [1.54, 1.807) is 4.68 Å². The van der Waals surface area contributed by atoms with Crippen molar-refractivity contribution in [1.29, 1.82) is 5.26 Å². The summed E-state index contributed by atoms with van der Waals surface area (Å²) in [6, 6.07) is 11.8. The highest BCUT2D eigenvalue weighted by molar-refractivity contribution is 6.30. The van der Waals surface area contributed by atoms with Crippen LogP contribution in [0.4, 0.5) is 0 Å². The van der Waals surface area contributed by atoms with Crippen molar-refractivity contribution < 1.29 is 4.74 Å². The van der Waals surface area contributed by atoms with Crippen LogP contribution in [0.1, 0.15) is 41.8 Å². The third-order valence-electron chi connectivity index (χ3n) is 4.86. The van der Waals surface area contributed by atoms with E-state index in [0.29, 0.717) is 16.6 Å². The van der Waals surface area contributed by atoms with Crippen LogP contribution >= 0.6 is 11.6 Å². The Kier molecular flexibility index (Phi) is 4.57. The number of halogens is 1. The van der Waals surface area contributed by atoms with Crippen LogP contribution in [0.2, 0.25) is 5.15 Å². The summed E-state index contributed by atoms with van der Waals surface area (Å²) in [5.41, 5.74) is 10.3. The smallest absolute Gasteiger partial charge is 0.244 e. The van der Waals surface area contributed by atoms with Gasteiger partial charge in [-0.25, -0.2) is 4.68 Å². The first-order valence-electron chi connectivity index (χ1n) is 9.01. The van der Waals surface area contributed by atoms with Crippen LogP contribution in [0.15, 0.2) is 41.8 Å². The van der Waals surface area contributed by atoms with Gasteiger partial charge in [0.1, 0.15) is 16.8 Å². The Morgan fingerprint density at radius 1 is 1.32 bits per heavy atom. The van der Waals surface area contributed by atoms with Gasteiger partial charge < -0.3 is 10.5 Å². The molecule has 0 unspecified atom stereocenters. The lowest BCUT2D eigenvalue weighted by atomic mass is 9.83. The van der Waals surface area contributed by atoms with Crippen LogP contribution in [0.3, 0.4) is 0 Å². The van der Waals surface area contributed by atoms with Crippen molar-refractivity contribution in [3.8, 4) is 17.6 Å². The maximum absolute atomic E-state index is 9.81. The van der Waals surface area contributed by atoms with Crippen LogP contribution in [-0.2, 0) is 6.42 Å². The molecule has 142 valence electrons. The zero-order valence-electron chi connectivity index (χ0n) is 15.5. The number of ether oxygens (including phenoxy) is 1. The Balaban J connectivity index is 1.95. The summed E-state index contributed by atoms with van der Waals surface area (Å²) in [6.07, 6.45) is 1.68. The summed E-state index contributed by atoms with van der Waals surface area (Å²) >= 11 is 6.79. The molecule has 28 heavy (non-hydrogen) atoms. The van der Waals surface area contributed by atoms with Crippen LogP contribution in [0.5, 0.6) is 5.88 Å². The molecule has 4 rings (SSSR count). The maximum atomic E-state index is 9.81. The van der Waals surface area contributed by atoms with E-state index in [0.717, 1.165) is 41.0 Å². The van der Waals surface area contributed by atoms with E-state index < -0.39 is 5.92 Å². The van der Waals surface area contributed by atoms with Gasteiger partial charge in [0.25, 0.3) is 0 Å². The minimum absolute atomic E-state index is 0.0393. The third kappa shape index (κ3) is 2.74. The van der Waals surface area contributed by atoms with Crippen molar-refractivity contribution in [3.63, 3.8) is 0 Å². The van der Waals surface area contributed by atoms with Gasteiger partial charge in [-0.05, 0) is 25.5 Å². The highest BCUT2D eigenvalue weighted by Gasteiger charge is 2.38. The number of nitrogens with zero attached hydrogens (tertiary/aromatic N) is 4. The average Bonchev–Trinajstić information content (AvgIpc) is 3.22. The fraction of sp³-hybridized carbons (Fsp3) is 0.250. The fourth-order valence-corrected chi connectivity index (χ4v) is 4.00. The number of aromatic nitrogens is 4. The number of benzene rings is 1. The summed E-state index contributed by atoms with van der Waals surface area (Å²) in [6.45, 7) is 3.95. The predicted octanol–water partition coefficient (Wildman–Crippen LogP) is 3.73. The van der Waals surface area contributed by atoms with Gasteiger partial charge in [0.15, 0.2) is 0 Å². The van der Waals surface area contributed by atoms with Crippen molar-refractivity contribution in [2.45, 2.75) is 32.6 Å².